The van der Waals surface area contributed by atoms with Crippen LogP contribution in [-0.4, -0.2) is 17.7 Å². The topological polar surface area (TPSA) is 0 Å². The first-order valence-electron chi connectivity index (χ1n) is 1.76. The molecule has 0 nitrogen and oxygen atoms in total. The molecule has 50 valence electrons. The Hall–Kier alpha value is 0.200. The van der Waals surface area contributed by atoms with Crippen molar-refractivity contribution in [3.8, 4) is 0 Å². The number of halogens is 5. The summed E-state index contributed by atoms with van der Waals surface area (Å²) in [7, 11) is 0. The number of hydrogen-bond donors (Lipinski definition) is 0. The van der Waals surface area contributed by atoms with Crippen LogP contribution in [0.15, 0.2) is 0 Å². The van der Waals surface area contributed by atoms with Crippen molar-refractivity contribution in [1.29, 1.82) is 0 Å². The van der Waals surface area contributed by atoms with E-state index in [2.05, 4.69) is 15.9 Å². The van der Waals surface area contributed by atoms with E-state index >= 15 is 0 Å². The van der Waals surface area contributed by atoms with Gasteiger partial charge in [0.2, 0.25) is 0 Å². The molecule has 0 N–H and O–H groups in total. The smallest absolute Gasteiger partial charge is 0.209 e. The molecule has 0 aliphatic rings. The van der Waals surface area contributed by atoms with Crippen molar-refractivity contribution in [2.45, 2.75) is 17.7 Å². The van der Waals surface area contributed by atoms with Crippen LogP contribution in [0.2, 0.25) is 0 Å². The Morgan fingerprint density at radius 1 is 0.875 bits per heavy atom. The van der Waals surface area contributed by atoms with Crippen LogP contribution in [0.4, 0.5) is 17.6 Å². The van der Waals surface area contributed by atoms with Gasteiger partial charge in [-0.15, -0.1) is 0 Å². The van der Waals surface area contributed by atoms with Gasteiger partial charge in [-0.1, -0.05) is 15.9 Å². The summed E-state index contributed by atoms with van der Waals surface area (Å²) in [5.74, 6) is 0. The van der Waals surface area contributed by atoms with Crippen LogP contribution in [0.3, 0.4) is 0 Å². The van der Waals surface area contributed by atoms with Gasteiger partial charge in [0.05, 0.1) is 0 Å². The first kappa shape index (κ1) is 8.20. The van der Waals surface area contributed by atoms with Crippen molar-refractivity contribution < 1.29 is 17.6 Å². The summed E-state index contributed by atoms with van der Waals surface area (Å²) in [6.45, 7) is 0. The van der Waals surface area contributed by atoms with Gasteiger partial charge >= 0.3 is 0 Å². The Balaban J connectivity index is 3.46. The minimum atomic E-state index is -2.99. The molecular weight excluding hydrogens is 192 g/mol. The first-order valence-corrected chi connectivity index (χ1v) is 2.67. The average molecular weight is 195 g/mol. The third kappa shape index (κ3) is 2.49. The molecule has 5 heteroatoms. The van der Waals surface area contributed by atoms with E-state index in [0.29, 0.717) is 0 Å². The van der Waals surface area contributed by atoms with Gasteiger partial charge in [-0.25, -0.2) is 17.6 Å². The van der Waals surface area contributed by atoms with Crippen molar-refractivity contribution in [1.82, 2.24) is 0 Å². The molecule has 0 aliphatic heterocycles. The average Bonchev–Trinajstić information content (AvgIpc) is 1.64. The molecule has 0 aliphatic carbocycles. The lowest BCUT2D eigenvalue weighted by Gasteiger charge is -2.04. The van der Waals surface area contributed by atoms with E-state index in [4.69, 9.17) is 0 Å². The van der Waals surface area contributed by atoms with Crippen LogP contribution in [0.1, 0.15) is 0 Å². The standard InChI is InChI=1S/C3H3BrF4/c4-1(2(5)6)3(7)8/h1-3H. The van der Waals surface area contributed by atoms with Crippen molar-refractivity contribution in [3.63, 3.8) is 0 Å². The molecule has 0 heterocycles. The van der Waals surface area contributed by atoms with E-state index in [-0.39, 0.29) is 0 Å². The minimum absolute atomic E-state index is 1.98. The van der Waals surface area contributed by atoms with E-state index in [0.717, 1.165) is 0 Å². The van der Waals surface area contributed by atoms with Gasteiger partial charge in [-0.2, -0.15) is 0 Å². The lowest BCUT2D eigenvalue weighted by molar-refractivity contribution is 0.0556. The van der Waals surface area contributed by atoms with Crippen LogP contribution in [0.25, 0.3) is 0 Å². The second kappa shape index (κ2) is 3.27. The molecule has 8 heavy (non-hydrogen) atoms. The summed E-state index contributed by atoms with van der Waals surface area (Å²) < 4.78 is 44.6. The molecule has 0 aromatic carbocycles. The van der Waals surface area contributed by atoms with Crippen molar-refractivity contribution in [2.24, 2.45) is 0 Å². The zero-order chi connectivity index (χ0) is 6.73. The molecule has 0 atom stereocenters. The third-order valence-electron chi connectivity index (χ3n) is 0.481. The van der Waals surface area contributed by atoms with Crippen LogP contribution in [0.5, 0.6) is 0 Å². The molecule has 0 bridgehead atoms. The first-order chi connectivity index (χ1) is 3.55. The molecule has 0 fully saturated rings. The fourth-order valence-corrected chi connectivity index (χ4v) is 0.110. The molecule has 0 rings (SSSR count). The van der Waals surface area contributed by atoms with Gasteiger partial charge < -0.3 is 0 Å². The van der Waals surface area contributed by atoms with E-state index < -0.39 is 17.7 Å². The van der Waals surface area contributed by atoms with E-state index in [1.165, 1.54) is 0 Å². The lowest BCUT2D eigenvalue weighted by Crippen LogP contribution is -2.18. The maximum Gasteiger partial charge on any atom is 0.256 e. The maximum absolute atomic E-state index is 11.2. The fourth-order valence-electron chi connectivity index (χ4n) is 0.110. The summed E-state index contributed by atoms with van der Waals surface area (Å²) in [5.41, 5.74) is 0. The van der Waals surface area contributed by atoms with Gasteiger partial charge in [-0.3, -0.25) is 0 Å². The van der Waals surface area contributed by atoms with Crippen LogP contribution < -0.4 is 0 Å². The zero-order valence-corrected chi connectivity index (χ0v) is 5.21. The molecule has 0 spiro atoms. The SMILES string of the molecule is FC(F)C(Br)C(F)F. The van der Waals surface area contributed by atoms with Gasteiger partial charge in [0.25, 0.3) is 12.9 Å². The van der Waals surface area contributed by atoms with Crippen LogP contribution in [0, 0.1) is 0 Å². The molecule has 0 saturated carbocycles. The summed E-state index contributed by atoms with van der Waals surface area (Å²) in [6, 6.07) is 0. The van der Waals surface area contributed by atoms with Crippen molar-refractivity contribution >= 4 is 15.9 Å². The Bertz CT molecular complexity index is 56.3. The van der Waals surface area contributed by atoms with Gasteiger partial charge in [0.15, 0.2) is 0 Å². The Labute approximate surface area is 52.0 Å². The van der Waals surface area contributed by atoms with Gasteiger partial charge in [-0.05, 0) is 0 Å². The highest BCUT2D eigenvalue weighted by atomic mass is 79.9. The van der Waals surface area contributed by atoms with Crippen molar-refractivity contribution in [3.05, 3.63) is 0 Å². The normalized spacial score (nSPS) is 12.0. The summed E-state index contributed by atoms with van der Waals surface area (Å²) >= 11 is 2.11. The Morgan fingerprint density at radius 2 is 1.12 bits per heavy atom. The Morgan fingerprint density at radius 3 is 1.12 bits per heavy atom. The molecule has 0 aromatic heterocycles. The largest absolute Gasteiger partial charge is 0.256 e. The minimum Gasteiger partial charge on any atom is -0.209 e. The van der Waals surface area contributed by atoms with Crippen LogP contribution in [-0.2, 0) is 0 Å². The maximum atomic E-state index is 11.2. The summed E-state index contributed by atoms with van der Waals surface area (Å²) in [5, 5.41) is 0. The highest BCUT2D eigenvalue weighted by Gasteiger charge is 2.26. The Kier molecular flexibility index (Phi) is 3.35. The third-order valence-corrected chi connectivity index (χ3v) is 1.28. The number of rotatable bonds is 2. The predicted octanol–water partition coefficient (Wildman–Crippen LogP) is 2.28. The second-order valence-electron chi connectivity index (χ2n) is 1.11. The van der Waals surface area contributed by atoms with Crippen LogP contribution >= 0.6 is 15.9 Å². The highest BCUT2D eigenvalue weighted by Crippen LogP contribution is 2.18. The lowest BCUT2D eigenvalue weighted by atomic mass is 10.5. The monoisotopic (exact) mass is 194 g/mol. The molecule has 0 radical (unpaired) electrons. The van der Waals surface area contributed by atoms with E-state index in [1.807, 2.05) is 0 Å². The van der Waals surface area contributed by atoms with E-state index in [9.17, 15) is 17.6 Å². The van der Waals surface area contributed by atoms with Gasteiger partial charge in [0.1, 0.15) is 4.83 Å². The number of hydrogen-bond acceptors (Lipinski definition) is 0. The van der Waals surface area contributed by atoms with Gasteiger partial charge in [0, 0.05) is 0 Å². The predicted molar refractivity (Wildman–Crippen MR) is 24.7 cm³/mol. The van der Waals surface area contributed by atoms with Crippen molar-refractivity contribution in [2.75, 3.05) is 0 Å². The van der Waals surface area contributed by atoms with E-state index in [1.54, 1.807) is 0 Å². The quantitative estimate of drug-likeness (QED) is 0.468. The molecule has 0 amide bonds. The zero-order valence-electron chi connectivity index (χ0n) is 3.62. The second-order valence-corrected chi connectivity index (χ2v) is 2.17. The fraction of sp³-hybridized carbons (Fsp3) is 1.00. The molecule has 0 aromatic rings. The highest BCUT2D eigenvalue weighted by molar-refractivity contribution is 9.09. The summed E-state index contributed by atoms with van der Waals surface area (Å²) in [6.07, 6.45) is -5.98. The number of alkyl halides is 5. The molecule has 0 saturated heterocycles. The summed E-state index contributed by atoms with van der Waals surface area (Å²) in [4.78, 5) is -1.98. The molecular formula is C3H3BrF4. The molecule has 0 unspecified atom stereocenters.